The van der Waals surface area contributed by atoms with Crippen molar-refractivity contribution < 1.29 is 0 Å². The lowest BCUT2D eigenvalue weighted by Crippen LogP contribution is -2.29. The number of piperidine rings is 1. The second-order valence-corrected chi connectivity index (χ2v) is 3.33. The van der Waals surface area contributed by atoms with Crippen LogP contribution in [0.4, 0.5) is 0 Å². The summed E-state index contributed by atoms with van der Waals surface area (Å²) in [5.74, 6) is 0.610. The van der Waals surface area contributed by atoms with E-state index in [-0.39, 0.29) is 0 Å². The summed E-state index contributed by atoms with van der Waals surface area (Å²) in [6.45, 7) is 2.23. The lowest BCUT2D eigenvalue weighted by atomic mass is 9.97. The summed E-state index contributed by atoms with van der Waals surface area (Å²) >= 11 is 0. The molecular weight excluding hydrogens is 152 g/mol. The first-order chi connectivity index (χ1) is 5.88. The first-order valence-electron chi connectivity index (χ1n) is 4.43. The molecule has 4 nitrogen and oxygen atoms in total. The molecule has 2 heterocycles. The minimum Gasteiger partial charge on any atom is -0.316 e. The Balaban J connectivity index is 2.13. The quantitative estimate of drug-likeness (QED) is 0.651. The molecule has 1 aliphatic rings. The Kier molecular flexibility index (Phi) is 2.08. The van der Waals surface area contributed by atoms with Gasteiger partial charge in [0, 0.05) is 19.5 Å². The number of rotatable bonds is 1. The molecule has 1 fully saturated rings. The predicted molar refractivity (Wildman–Crippen MR) is 45.8 cm³/mol. The van der Waals surface area contributed by atoms with Gasteiger partial charge in [-0.3, -0.25) is 4.68 Å². The summed E-state index contributed by atoms with van der Waals surface area (Å²) in [5.41, 5.74) is 1.25. The zero-order chi connectivity index (χ0) is 8.39. The molecule has 1 N–H and O–H groups in total. The van der Waals surface area contributed by atoms with Crippen molar-refractivity contribution in [2.75, 3.05) is 13.1 Å². The predicted octanol–water partition coefficient (Wildman–Crippen LogP) is 0.282. The second kappa shape index (κ2) is 3.23. The Morgan fingerprint density at radius 1 is 1.67 bits per heavy atom. The van der Waals surface area contributed by atoms with Crippen LogP contribution in [0, 0.1) is 0 Å². The highest BCUT2D eigenvalue weighted by atomic mass is 15.4. The van der Waals surface area contributed by atoms with E-state index in [9.17, 15) is 0 Å². The molecule has 1 aliphatic heterocycles. The number of nitrogens with zero attached hydrogens (tertiary/aromatic N) is 3. The van der Waals surface area contributed by atoms with E-state index in [1.54, 1.807) is 0 Å². The molecule has 1 aromatic rings. The molecule has 1 saturated heterocycles. The molecule has 0 radical (unpaired) electrons. The molecular formula is C8H14N4. The monoisotopic (exact) mass is 166 g/mol. The summed E-state index contributed by atoms with van der Waals surface area (Å²) in [5, 5.41) is 11.2. The van der Waals surface area contributed by atoms with Crippen LogP contribution in [0.5, 0.6) is 0 Å². The highest BCUT2D eigenvalue weighted by Crippen LogP contribution is 2.20. The molecule has 12 heavy (non-hydrogen) atoms. The van der Waals surface area contributed by atoms with Gasteiger partial charge in [-0.25, -0.2) is 0 Å². The van der Waals surface area contributed by atoms with Gasteiger partial charge < -0.3 is 5.32 Å². The van der Waals surface area contributed by atoms with E-state index >= 15 is 0 Å². The molecule has 0 spiro atoms. The van der Waals surface area contributed by atoms with Crippen molar-refractivity contribution in [3.05, 3.63) is 11.9 Å². The normalized spacial score (nSPS) is 24.2. The van der Waals surface area contributed by atoms with Gasteiger partial charge in [-0.2, -0.15) is 0 Å². The minimum atomic E-state index is 0.610. The summed E-state index contributed by atoms with van der Waals surface area (Å²) in [6.07, 6.45) is 4.39. The van der Waals surface area contributed by atoms with Crippen molar-refractivity contribution in [3.63, 3.8) is 0 Å². The number of aromatic nitrogens is 3. The van der Waals surface area contributed by atoms with Gasteiger partial charge in [0.2, 0.25) is 0 Å². The molecule has 1 aromatic heterocycles. The third kappa shape index (κ3) is 1.34. The average molecular weight is 166 g/mol. The molecule has 0 bridgehead atoms. The molecule has 0 aliphatic carbocycles. The van der Waals surface area contributed by atoms with E-state index in [1.165, 1.54) is 18.5 Å². The zero-order valence-corrected chi connectivity index (χ0v) is 7.32. The summed E-state index contributed by atoms with van der Waals surface area (Å²) < 4.78 is 1.87. The molecule has 4 heteroatoms. The number of hydrogen-bond donors (Lipinski definition) is 1. The zero-order valence-electron chi connectivity index (χ0n) is 7.32. The minimum absolute atomic E-state index is 0.610. The van der Waals surface area contributed by atoms with E-state index in [2.05, 4.69) is 15.6 Å². The van der Waals surface area contributed by atoms with Crippen molar-refractivity contribution in [1.82, 2.24) is 20.3 Å². The maximum atomic E-state index is 3.93. The molecule has 1 unspecified atom stereocenters. The van der Waals surface area contributed by atoms with Gasteiger partial charge >= 0.3 is 0 Å². The highest BCUT2D eigenvalue weighted by molar-refractivity contribution is 5.04. The van der Waals surface area contributed by atoms with Crippen LogP contribution >= 0.6 is 0 Å². The Morgan fingerprint density at radius 2 is 2.58 bits per heavy atom. The highest BCUT2D eigenvalue weighted by Gasteiger charge is 2.17. The number of aryl methyl sites for hydroxylation is 1. The van der Waals surface area contributed by atoms with E-state index < -0.39 is 0 Å². The SMILES string of the molecule is Cn1nncc1C1CCCNC1. The van der Waals surface area contributed by atoms with Crippen LogP contribution in [0.2, 0.25) is 0 Å². The van der Waals surface area contributed by atoms with Crippen molar-refractivity contribution in [1.29, 1.82) is 0 Å². The fraction of sp³-hybridized carbons (Fsp3) is 0.750. The third-order valence-corrected chi connectivity index (χ3v) is 2.46. The van der Waals surface area contributed by atoms with Crippen LogP contribution in [0.3, 0.4) is 0 Å². The van der Waals surface area contributed by atoms with Crippen LogP contribution in [0.15, 0.2) is 6.20 Å². The Bertz CT molecular complexity index is 249. The smallest absolute Gasteiger partial charge is 0.0728 e. The second-order valence-electron chi connectivity index (χ2n) is 3.33. The van der Waals surface area contributed by atoms with Gasteiger partial charge in [0.1, 0.15) is 0 Å². The molecule has 0 aromatic carbocycles. The molecule has 0 amide bonds. The van der Waals surface area contributed by atoms with E-state index in [4.69, 9.17) is 0 Å². The summed E-state index contributed by atoms with van der Waals surface area (Å²) in [4.78, 5) is 0. The Hall–Kier alpha value is -0.900. The maximum absolute atomic E-state index is 3.93. The van der Waals surface area contributed by atoms with Crippen LogP contribution < -0.4 is 5.32 Å². The summed E-state index contributed by atoms with van der Waals surface area (Å²) in [6, 6.07) is 0. The fourth-order valence-electron chi connectivity index (χ4n) is 1.77. The van der Waals surface area contributed by atoms with E-state index in [1.807, 2.05) is 17.9 Å². The Labute approximate surface area is 72.0 Å². The number of nitrogens with one attached hydrogen (secondary N) is 1. The molecule has 66 valence electrons. The van der Waals surface area contributed by atoms with Gasteiger partial charge in [0.15, 0.2) is 0 Å². The van der Waals surface area contributed by atoms with Crippen LogP contribution in [0.1, 0.15) is 24.5 Å². The van der Waals surface area contributed by atoms with Gasteiger partial charge in [-0.05, 0) is 19.4 Å². The molecule has 1 atom stereocenters. The topological polar surface area (TPSA) is 42.7 Å². The van der Waals surface area contributed by atoms with Gasteiger partial charge in [0.25, 0.3) is 0 Å². The summed E-state index contributed by atoms with van der Waals surface area (Å²) in [7, 11) is 1.96. The molecule has 2 rings (SSSR count). The standard InChI is InChI=1S/C8H14N4/c1-12-8(6-10-11-12)7-3-2-4-9-5-7/h6-7,9H,2-5H2,1H3. The lowest BCUT2D eigenvalue weighted by molar-refractivity contribution is 0.441. The van der Waals surface area contributed by atoms with Crippen molar-refractivity contribution in [2.45, 2.75) is 18.8 Å². The maximum Gasteiger partial charge on any atom is 0.0728 e. The van der Waals surface area contributed by atoms with Crippen LogP contribution in [-0.4, -0.2) is 28.1 Å². The van der Waals surface area contributed by atoms with E-state index in [0.717, 1.165) is 13.1 Å². The first kappa shape index (κ1) is 7.73. The lowest BCUT2D eigenvalue weighted by Gasteiger charge is -2.21. The first-order valence-corrected chi connectivity index (χ1v) is 4.43. The van der Waals surface area contributed by atoms with Crippen molar-refractivity contribution in [3.8, 4) is 0 Å². The van der Waals surface area contributed by atoms with Gasteiger partial charge in [-0.1, -0.05) is 5.21 Å². The third-order valence-electron chi connectivity index (χ3n) is 2.46. The van der Waals surface area contributed by atoms with Crippen LogP contribution in [-0.2, 0) is 7.05 Å². The van der Waals surface area contributed by atoms with Crippen LogP contribution in [0.25, 0.3) is 0 Å². The van der Waals surface area contributed by atoms with Gasteiger partial charge in [-0.15, -0.1) is 5.10 Å². The van der Waals surface area contributed by atoms with E-state index in [0.29, 0.717) is 5.92 Å². The largest absolute Gasteiger partial charge is 0.316 e. The van der Waals surface area contributed by atoms with Crippen molar-refractivity contribution in [2.24, 2.45) is 7.05 Å². The number of hydrogen-bond acceptors (Lipinski definition) is 3. The Morgan fingerprint density at radius 3 is 3.17 bits per heavy atom. The molecule has 0 saturated carbocycles. The van der Waals surface area contributed by atoms with Crippen molar-refractivity contribution >= 4 is 0 Å². The average Bonchev–Trinajstić information content (AvgIpc) is 2.53. The fourth-order valence-corrected chi connectivity index (χ4v) is 1.77. The van der Waals surface area contributed by atoms with Gasteiger partial charge in [0.05, 0.1) is 11.9 Å².